The van der Waals surface area contributed by atoms with Gasteiger partial charge in [0.15, 0.2) is 0 Å². The van der Waals surface area contributed by atoms with E-state index in [1.807, 2.05) is 49.4 Å². The standard InChI is InChI=1S/C32H35FN4O2/c1-2-5-23-8-10-24(11-9-23)31(25-12-14-28(33)15-13-25)36-18-16-35(17-19-36)30(38)20-29(34)32(39)37-21-26-6-3-4-7-27(26)22-37/h2-15,29,31H,16-22,34H2,1H3. The number of piperazine rings is 1. The number of hydrogen-bond donors (Lipinski definition) is 1. The first-order valence-corrected chi connectivity index (χ1v) is 13.5. The molecule has 1 fully saturated rings. The molecule has 0 saturated carbocycles. The first-order chi connectivity index (χ1) is 18.9. The van der Waals surface area contributed by atoms with Gasteiger partial charge < -0.3 is 15.5 Å². The fourth-order valence-corrected chi connectivity index (χ4v) is 5.60. The van der Waals surface area contributed by atoms with Crippen LogP contribution in [0.4, 0.5) is 4.39 Å². The Balaban J connectivity index is 1.21. The quantitative estimate of drug-likeness (QED) is 0.497. The molecule has 2 amide bonds. The molecular weight excluding hydrogens is 491 g/mol. The third kappa shape index (κ3) is 6.10. The van der Waals surface area contributed by atoms with Crippen LogP contribution in [0, 0.1) is 5.82 Å². The van der Waals surface area contributed by atoms with E-state index in [1.54, 1.807) is 9.80 Å². The second-order valence-corrected chi connectivity index (χ2v) is 10.3. The number of hydrogen-bond acceptors (Lipinski definition) is 4. The summed E-state index contributed by atoms with van der Waals surface area (Å²) in [5.41, 5.74) is 11.7. The van der Waals surface area contributed by atoms with Crippen molar-refractivity contribution < 1.29 is 14.0 Å². The van der Waals surface area contributed by atoms with E-state index in [-0.39, 0.29) is 30.1 Å². The number of allylic oxidation sites excluding steroid dienone is 1. The minimum atomic E-state index is -0.854. The molecule has 0 aliphatic carbocycles. The lowest BCUT2D eigenvalue weighted by Crippen LogP contribution is -2.52. The largest absolute Gasteiger partial charge is 0.340 e. The van der Waals surface area contributed by atoms with E-state index in [1.165, 1.54) is 12.1 Å². The zero-order chi connectivity index (χ0) is 27.4. The van der Waals surface area contributed by atoms with Crippen molar-refractivity contribution in [3.8, 4) is 0 Å². The third-order valence-corrected chi connectivity index (χ3v) is 7.69. The van der Waals surface area contributed by atoms with Crippen molar-refractivity contribution in [3.63, 3.8) is 0 Å². The van der Waals surface area contributed by atoms with Gasteiger partial charge in [-0.05, 0) is 46.9 Å². The molecule has 202 valence electrons. The summed E-state index contributed by atoms with van der Waals surface area (Å²) in [6.07, 6.45) is 4.06. The number of carbonyl (C=O) groups is 2. The van der Waals surface area contributed by atoms with Crippen LogP contribution in [-0.4, -0.2) is 58.7 Å². The van der Waals surface area contributed by atoms with Crippen LogP contribution in [0.15, 0.2) is 78.9 Å². The van der Waals surface area contributed by atoms with Crippen molar-refractivity contribution in [1.82, 2.24) is 14.7 Å². The van der Waals surface area contributed by atoms with E-state index in [0.29, 0.717) is 39.3 Å². The van der Waals surface area contributed by atoms with Crippen LogP contribution in [0.25, 0.3) is 6.08 Å². The molecule has 0 radical (unpaired) electrons. The lowest BCUT2D eigenvalue weighted by Gasteiger charge is -2.40. The fraction of sp³-hybridized carbons (Fsp3) is 0.312. The van der Waals surface area contributed by atoms with Gasteiger partial charge in [-0.25, -0.2) is 4.39 Å². The molecule has 3 aromatic rings. The maximum Gasteiger partial charge on any atom is 0.240 e. The number of nitrogens with two attached hydrogens (primary N) is 1. The summed E-state index contributed by atoms with van der Waals surface area (Å²) in [6, 6.07) is 22.1. The van der Waals surface area contributed by atoms with E-state index >= 15 is 0 Å². The predicted octanol–water partition coefficient (Wildman–Crippen LogP) is 4.35. The van der Waals surface area contributed by atoms with Gasteiger partial charge in [-0.15, -0.1) is 0 Å². The molecule has 1 saturated heterocycles. The molecule has 2 aliphatic rings. The number of carbonyl (C=O) groups excluding carboxylic acids is 2. The zero-order valence-electron chi connectivity index (χ0n) is 22.3. The Morgan fingerprint density at radius 2 is 1.41 bits per heavy atom. The van der Waals surface area contributed by atoms with E-state index in [9.17, 15) is 14.0 Å². The van der Waals surface area contributed by atoms with E-state index in [0.717, 1.165) is 27.8 Å². The summed E-state index contributed by atoms with van der Waals surface area (Å²) < 4.78 is 13.7. The summed E-state index contributed by atoms with van der Waals surface area (Å²) in [5, 5.41) is 0. The molecule has 7 heteroatoms. The van der Waals surface area contributed by atoms with Gasteiger partial charge in [-0.1, -0.05) is 72.8 Å². The van der Waals surface area contributed by atoms with Gasteiger partial charge in [0.05, 0.1) is 18.5 Å². The lowest BCUT2D eigenvalue weighted by molar-refractivity contribution is -0.139. The lowest BCUT2D eigenvalue weighted by atomic mass is 9.95. The summed E-state index contributed by atoms with van der Waals surface area (Å²) in [6.45, 7) is 5.48. The van der Waals surface area contributed by atoms with Crippen molar-refractivity contribution in [2.24, 2.45) is 5.73 Å². The van der Waals surface area contributed by atoms with Gasteiger partial charge >= 0.3 is 0 Å². The fourth-order valence-electron chi connectivity index (χ4n) is 5.60. The third-order valence-electron chi connectivity index (χ3n) is 7.69. The average molecular weight is 527 g/mol. The molecular formula is C32H35FN4O2. The van der Waals surface area contributed by atoms with E-state index in [4.69, 9.17) is 5.73 Å². The number of fused-ring (bicyclic) bond motifs is 1. The Labute approximate surface area is 229 Å². The SMILES string of the molecule is CC=Cc1ccc(C(c2ccc(F)cc2)N2CCN(C(=O)CC(N)C(=O)N3Cc4ccccc4C3)CC2)cc1. The average Bonchev–Trinajstić information content (AvgIpc) is 3.39. The molecule has 0 bridgehead atoms. The van der Waals surface area contributed by atoms with Crippen molar-refractivity contribution in [1.29, 1.82) is 0 Å². The van der Waals surface area contributed by atoms with Crippen LogP contribution in [-0.2, 0) is 22.7 Å². The Bertz CT molecular complexity index is 1310. The van der Waals surface area contributed by atoms with Gasteiger partial charge in [-0.2, -0.15) is 0 Å². The molecule has 39 heavy (non-hydrogen) atoms. The maximum atomic E-state index is 13.7. The highest BCUT2D eigenvalue weighted by Crippen LogP contribution is 2.30. The van der Waals surface area contributed by atoms with Crippen molar-refractivity contribution in [2.75, 3.05) is 26.2 Å². The molecule has 2 N–H and O–H groups in total. The predicted molar refractivity (Wildman–Crippen MR) is 151 cm³/mol. The highest BCUT2D eigenvalue weighted by atomic mass is 19.1. The molecule has 3 aromatic carbocycles. The van der Waals surface area contributed by atoms with Crippen LogP contribution in [0.1, 0.15) is 47.2 Å². The molecule has 0 spiro atoms. The highest BCUT2D eigenvalue weighted by Gasteiger charge is 2.32. The zero-order valence-corrected chi connectivity index (χ0v) is 22.3. The number of amides is 2. The second-order valence-electron chi connectivity index (χ2n) is 10.3. The van der Waals surface area contributed by atoms with Gasteiger partial charge in [0.2, 0.25) is 11.8 Å². The van der Waals surface area contributed by atoms with Gasteiger partial charge in [-0.3, -0.25) is 14.5 Å². The van der Waals surface area contributed by atoms with E-state index < -0.39 is 6.04 Å². The molecule has 2 heterocycles. The van der Waals surface area contributed by atoms with Crippen molar-refractivity contribution >= 4 is 17.9 Å². The monoisotopic (exact) mass is 526 g/mol. The van der Waals surface area contributed by atoms with Crippen molar-refractivity contribution in [3.05, 3.63) is 113 Å². The van der Waals surface area contributed by atoms with Crippen molar-refractivity contribution in [2.45, 2.75) is 38.5 Å². The molecule has 5 rings (SSSR count). The van der Waals surface area contributed by atoms with E-state index in [2.05, 4.69) is 35.2 Å². The highest BCUT2D eigenvalue weighted by molar-refractivity contribution is 5.88. The molecule has 2 unspecified atom stereocenters. The number of nitrogens with zero attached hydrogens (tertiary/aromatic N) is 3. The van der Waals surface area contributed by atoms with Crippen LogP contribution >= 0.6 is 0 Å². The Hall–Kier alpha value is -3.81. The van der Waals surface area contributed by atoms with Gasteiger partial charge in [0.25, 0.3) is 0 Å². The molecule has 2 aliphatic heterocycles. The summed E-state index contributed by atoms with van der Waals surface area (Å²) in [4.78, 5) is 31.9. The minimum Gasteiger partial charge on any atom is -0.340 e. The first kappa shape index (κ1) is 26.8. The van der Waals surface area contributed by atoms with Gasteiger partial charge in [0, 0.05) is 39.3 Å². The number of benzene rings is 3. The minimum absolute atomic E-state index is 0.000518. The number of halogens is 1. The molecule has 0 aromatic heterocycles. The Morgan fingerprint density at radius 1 is 0.846 bits per heavy atom. The second kappa shape index (κ2) is 11.9. The first-order valence-electron chi connectivity index (χ1n) is 13.5. The smallest absolute Gasteiger partial charge is 0.240 e. The summed E-state index contributed by atoms with van der Waals surface area (Å²) >= 11 is 0. The summed E-state index contributed by atoms with van der Waals surface area (Å²) in [5.74, 6) is -0.544. The van der Waals surface area contributed by atoms with Gasteiger partial charge in [0.1, 0.15) is 5.82 Å². The van der Waals surface area contributed by atoms with Crippen LogP contribution in [0.5, 0.6) is 0 Å². The molecule has 6 nitrogen and oxygen atoms in total. The molecule has 2 atom stereocenters. The maximum absolute atomic E-state index is 13.7. The van der Waals surface area contributed by atoms with Crippen LogP contribution in [0.3, 0.4) is 0 Å². The van der Waals surface area contributed by atoms with Crippen LogP contribution < -0.4 is 5.73 Å². The Kier molecular flexibility index (Phi) is 8.19. The topological polar surface area (TPSA) is 69.9 Å². The van der Waals surface area contributed by atoms with Crippen LogP contribution in [0.2, 0.25) is 0 Å². The normalized spacial score (nSPS) is 17.3. The number of rotatable bonds is 7. The Morgan fingerprint density at radius 3 is 1.97 bits per heavy atom. The summed E-state index contributed by atoms with van der Waals surface area (Å²) in [7, 11) is 0.